The Balaban J connectivity index is 2.41. The lowest BCUT2D eigenvalue weighted by Crippen LogP contribution is -2.28. The number of halogens is 2. The van der Waals surface area contributed by atoms with Gasteiger partial charge >= 0.3 is 0 Å². The zero-order valence-corrected chi connectivity index (χ0v) is 7.84. The molecule has 0 spiro atoms. The summed E-state index contributed by atoms with van der Waals surface area (Å²) >= 11 is 0. The van der Waals surface area contributed by atoms with Gasteiger partial charge in [0, 0.05) is 11.6 Å². The molecule has 0 unspecified atom stereocenters. The van der Waals surface area contributed by atoms with E-state index in [1.807, 2.05) is 6.07 Å². The summed E-state index contributed by atoms with van der Waals surface area (Å²) in [4.78, 5) is 0. The lowest BCUT2D eigenvalue weighted by Gasteiger charge is -2.23. The normalized spacial score (nSPS) is 21.0. The molecule has 1 aromatic rings. The third kappa shape index (κ3) is 1.64. The van der Waals surface area contributed by atoms with Gasteiger partial charge in [-0.2, -0.15) is 0 Å². The lowest BCUT2D eigenvalue weighted by atomic mass is 9.86. The van der Waals surface area contributed by atoms with Gasteiger partial charge < -0.3 is 5.73 Å². The second-order valence-corrected chi connectivity index (χ2v) is 3.79. The molecule has 76 valence electrons. The maximum Gasteiger partial charge on any atom is 0.264 e. The van der Waals surface area contributed by atoms with Gasteiger partial charge in [0.1, 0.15) is 0 Å². The van der Waals surface area contributed by atoms with Gasteiger partial charge in [-0.3, -0.25) is 0 Å². The van der Waals surface area contributed by atoms with Gasteiger partial charge in [0.2, 0.25) is 0 Å². The second kappa shape index (κ2) is 3.65. The molecular weight excluding hydrogens is 184 g/mol. The van der Waals surface area contributed by atoms with Crippen molar-refractivity contribution in [3.63, 3.8) is 0 Å². The van der Waals surface area contributed by atoms with E-state index < -0.39 is 6.43 Å². The van der Waals surface area contributed by atoms with E-state index in [9.17, 15) is 8.78 Å². The molecule has 0 bridgehead atoms. The van der Waals surface area contributed by atoms with Crippen LogP contribution in [0.15, 0.2) is 18.2 Å². The van der Waals surface area contributed by atoms with Crippen molar-refractivity contribution in [2.75, 3.05) is 0 Å². The molecule has 0 aliphatic heterocycles. The molecule has 2 N–H and O–H groups in total. The lowest BCUT2D eigenvalue weighted by molar-refractivity contribution is 0.149. The van der Waals surface area contributed by atoms with Gasteiger partial charge in [-0.05, 0) is 30.4 Å². The fraction of sp³-hybridized carbons (Fsp3) is 0.455. The van der Waals surface area contributed by atoms with Crippen LogP contribution in [0.1, 0.15) is 29.5 Å². The summed E-state index contributed by atoms with van der Waals surface area (Å²) in [6, 6.07) is 5.24. The van der Waals surface area contributed by atoms with Crippen LogP contribution in [0.2, 0.25) is 0 Å². The third-order valence-corrected chi connectivity index (χ3v) is 2.79. The van der Waals surface area contributed by atoms with Crippen molar-refractivity contribution < 1.29 is 8.78 Å². The molecular formula is C11H13F2N. The number of nitrogens with two attached hydrogens (primary N) is 1. The quantitative estimate of drug-likeness (QED) is 0.735. The molecule has 0 fully saturated rings. The summed E-state index contributed by atoms with van der Waals surface area (Å²) in [6.07, 6.45) is -0.122. The van der Waals surface area contributed by atoms with E-state index in [0.717, 1.165) is 24.0 Å². The predicted octanol–water partition coefficient (Wildman–Crippen LogP) is 2.44. The van der Waals surface area contributed by atoms with E-state index >= 15 is 0 Å². The molecule has 1 nitrogen and oxygen atoms in total. The van der Waals surface area contributed by atoms with Crippen LogP contribution in [-0.4, -0.2) is 6.04 Å². The highest BCUT2D eigenvalue weighted by Gasteiger charge is 2.21. The van der Waals surface area contributed by atoms with E-state index in [4.69, 9.17) is 5.73 Å². The maximum absolute atomic E-state index is 12.6. The monoisotopic (exact) mass is 197 g/mol. The van der Waals surface area contributed by atoms with Crippen LogP contribution in [0.25, 0.3) is 0 Å². The van der Waals surface area contributed by atoms with Gasteiger partial charge in [0.05, 0.1) is 0 Å². The Hall–Kier alpha value is -0.960. The minimum absolute atomic E-state index is 0.135. The van der Waals surface area contributed by atoms with E-state index in [-0.39, 0.29) is 11.6 Å². The molecule has 2 rings (SSSR count). The molecule has 0 radical (unpaired) electrons. The predicted molar refractivity (Wildman–Crippen MR) is 51.4 cm³/mol. The molecule has 0 amide bonds. The number of alkyl halides is 2. The number of fused-ring (bicyclic) bond motifs is 1. The molecule has 3 heteroatoms. The number of benzene rings is 1. The standard InChI is InChI=1S/C11H13F2N/c12-11(13)10-3-1-2-7-6-8(14)4-5-9(7)10/h1-3,8,11H,4-6,14H2/t8-/m1/s1. The van der Waals surface area contributed by atoms with Gasteiger partial charge in [0.15, 0.2) is 0 Å². The maximum atomic E-state index is 12.6. The third-order valence-electron chi connectivity index (χ3n) is 2.79. The van der Waals surface area contributed by atoms with Crippen LogP contribution in [0, 0.1) is 0 Å². The Bertz CT molecular complexity index is 336. The fourth-order valence-corrected chi connectivity index (χ4v) is 2.07. The first-order valence-corrected chi connectivity index (χ1v) is 4.83. The summed E-state index contributed by atoms with van der Waals surface area (Å²) < 4.78 is 25.2. The second-order valence-electron chi connectivity index (χ2n) is 3.79. The Morgan fingerprint density at radius 3 is 2.86 bits per heavy atom. The van der Waals surface area contributed by atoms with Crippen LogP contribution in [-0.2, 0) is 12.8 Å². The Labute approximate surface area is 81.9 Å². The van der Waals surface area contributed by atoms with Crippen LogP contribution in [0.4, 0.5) is 8.78 Å². The first-order valence-electron chi connectivity index (χ1n) is 4.83. The molecule has 14 heavy (non-hydrogen) atoms. The highest BCUT2D eigenvalue weighted by atomic mass is 19.3. The minimum Gasteiger partial charge on any atom is -0.327 e. The fourth-order valence-electron chi connectivity index (χ4n) is 2.07. The van der Waals surface area contributed by atoms with Crippen LogP contribution in [0.3, 0.4) is 0 Å². The van der Waals surface area contributed by atoms with Crippen molar-refractivity contribution >= 4 is 0 Å². The van der Waals surface area contributed by atoms with E-state index in [1.165, 1.54) is 6.07 Å². The Morgan fingerprint density at radius 1 is 1.36 bits per heavy atom. The average Bonchev–Trinajstić information content (AvgIpc) is 2.16. The van der Waals surface area contributed by atoms with Crippen LogP contribution < -0.4 is 5.73 Å². The van der Waals surface area contributed by atoms with E-state index in [1.54, 1.807) is 6.07 Å². The molecule has 0 saturated heterocycles. The molecule has 0 saturated carbocycles. The summed E-state index contributed by atoms with van der Waals surface area (Å²) in [5.41, 5.74) is 7.80. The zero-order valence-electron chi connectivity index (χ0n) is 7.84. The summed E-state index contributed by atoms with van der Waals surface area (Å²) in [5, 5.41) is 0. The summed E-state index contributed by atoms with van der Waals surface area (Å²) in [5.74, 6) is 0. The van der Waals surface area contributed by atoms with Crippen molar-refractivity contribution in [1.29, 1.82) is 0 Å². The average molecular weight is 197 g/mol. The van der Waals surface area contributed by atoms with Crippen LogP contribution in [0.5, 0.6) is 0 Å². The first-order chi connectivity index (χ1) is 6.68. The highest BCUT2D eigenvalue weighted by molar-refractivity contribution is 5.38. The highest BCUT2D eigenvalue weighted by Crippen LogP contribution is 2.30. The van der Waals surface area contributed by atoms with Crippen molar-refractivity contribution in [3.8, 4) is 0 Å². The zero-order chi connectivity index (χ0) is 10.1. The Morgan fingerprint density at radius 2 is 2.14 bits per heavy atom. The van der Waals surface area contributed by atoms with Crippen molar-refractivity contribution in [2.45, 2.75) is 31.7 Å². The summed E-state index contributed by atoms with van der Waals surface area (Å²) in [6.45, 7) is 0. The molecule has 0 heterocycles. The van der Waals surface area contributed by atoms with Crippen molar-refractivity contribution in [3.05, 3.63) is 34.9 Å². The Kier molecular flexibility index (Phi) is 2.50. The van der Waals surface area contributed by atoms with Crippen molar-refractivity contribution in [2.24, 2.45) is 5.73 Å². The molecule has 1 aromatic carbocycles. The van der Waals surface area contributed by atoms with Gasteiger partial charge in [-0.1, -0.05) is 18.2 Å². The largest absolute Gasteiger partial charge is 0.327 e. The summed E-state index contributed by atoms with van der Waals surface area (Å²) in [7, 11) is 0. The van der Waals surface area contributed by atoms with Crippen molar-refractivity contribution in [1.82, 2.24) is 0 Å². The number of rotatable bonds is 1. The molecule has 1 aliphatic carbocycles. The SMILES string of the molecule is N[C@@H]1CCc2c(cccc2C(F)F)C1. The minimum atomic E-state index is -2.36. The molecule has 1 aliphatic rings. The molecule has 1 atom stereocenters. The number of hydrogen-bond acceptors (Lipinski definition) is 1. The first kappa shape index (κ1) is 9.59. The smallest absolute Gasteiger partial charge is 0.264 e. The van der Waals surface area contributed by atoms with E-state index in [2.05, 4.69) is 0 Å². The number of hydrogen-bond donors (Lipinski definition) is 1. The van der Waals surface area contributed by atoms with Gasteiger partial charge in [-0.25, -0.2) is 8.78 Å². The molecule has 0 aromatic heterocycles. The van der Waals surface area contributed by atoms with Gasteiger partial charge in [-0.15, -0.1) is 0 Å². The topological polar surface area (TPSA) is 26.0 Å². The van der Waals surface area contributed by atoms with E-state index in [0.29, 0.717) is 6.42 Å². The van der Waals surface area contributed by atoms with Gasteiger partial charge in [0.25, 0.3) is 6.43 Å². The van der Waals surface area contributed by atoms with Crippen LogP contribution >= 0.6 is 0 Å².